The average molecular weight is 997 g/mol. The lowest BCUT2D eigenvalue weighted by Crippen LogP contribution is -2.43. The number of carbonyl (C=O) groups is 2. The van der Waals surface area contributed by atoms with Crippen molar-refractivity contribution in [3.63, 3.8) is 0 Å². The van der Waals surface area contributed by atoms with Crippen LogP contribution in [0.4, 0.5) is 5.69 Å². The Balaban J connectivity index is 1.17. The number of benzene rings is 4. The van der Waals surface area contributed by atoms with Gasteiger partial charge in [-0.3, -0.25) is 14.9 Å². The van der Waals surface area contributed by atoms with Crippen molar-refractivity contribution in [2.24, 2.45) is 11.8 Å². The summed E-state index contributed by atoms with van der Waals surface area (Å²) in [6, 6.07) is 14.9. The summed E-state index contributed by atoms with van der Waals surface area (Å²) < 4.78 is 13.5. The van der Waals surface area contributed by atoms with Gasteiger partial charge in [-0.15, -0.1) is 0 Å². The summed E-state index contributed by atoms with van der Waals surface area (Å²) >= 11 is 0. The van der Waals surface area contributed by atoms with Crippen LogP contribution in [0, 0.1) is 11.8 Å². The van der Waals surface area contributed by atoms with Gasteiger partial charge in [-0.05, 0) is 170 Å². The Labute approximate surface area is 420 Å². The highest BCUT2D eigenvalue weighted by molar-refractivity contribution is 8.76. The molecule has 2 bridgehead atoms. The number of fused-ring (bicyclic) bond motifs is 9. The Hall–Kier alpha value is -3.86. The lowest BCUT2D eigenvalue weighted by molar-refractivity contribution is -0.128. The number of methoxy groups -OCH3 is 1. The second kappa shape index (κ2) is 22.5. The third-order valence-corrected chi connectivity index (χ3v) is 19.1. The van der Waals surface area contributed by atoms with E-state index >= 15 is 0 Å². The molecule has 0 aromatic heterocycles. The molecule has 0 amide bonds. The smallest absolute Gasteiger partial charge is 0.168 e. The number of ether oxygens (including phenoxy) is 2. The first-order valence-electron chi connectivity index (χ1n) is 25.8. The van der Waals surface area contributed by atoms with Crippen LogP contribution in [0.15, 0.2) is 48.5 Å². The number of carbonyl (C=O) groups excluding carboxylic acids is 2. The molecule has 8 unspecified atom stereocenters. The molecule has 2 aliphatic heterocycles. The van der Waals surface area contributed by atoms with Crippen molar-refractivity contribution in [2.75, 3.05) is 31.3 Å². The summed E-state index contributed by atoms with van der Waals surface area (Å²) in [4.78, 5) is 27.1. The fourth-order valence-electron chi connectivity index (χ4n) is 12.7. The first-order chi connectivity index (χ1) is 33.9. The highest BCUT2D eigenvalue weighted by atomic mass is 33.1. The quantitative estimate of drug-likeness (QED) is 0.0661. The molecule has 0 radical (unpaired) electrons. The van der Waals surface area contributed by atoms with Crippen LogP contribution in [0.25, 0.3) is 21.9 Å². The van der Waals surface area contributed by atoms with E-state index in [1.165, 1.54) is 0 Å². The molecular formula is C56H72N2O10S2. The van der Waals surface area contributed by atoms with E-state index in [-0.39, 0.29) is 84.7 Å². The summed E-state index contributed by atoms with van der Waals surface area (Å²) in [6.07, 6.45) is 9.28. The average Bonchev–Trinajstić information content (AvgIpc) is 3.44. The molecular weight excluding hydrogens is 925 g/mol. The summed E-state index contributed by atoms with van der Waals surface area (Å²) in [5.41, 5.74) is 7.06. The number of hydrogen-bond donors (Lipinski definition) is 8. The number of nitrogens with one attached hydrogen (secondary N) is 2. The zero-order valence-corrected chi connectivity index (χ0v) is 42.4. The Kier molecular flexibility index (Phi) is 16.4. The van der Waals surface area contributed by atoms with E-state index < -0.39 is 24.0 Å². The highest BCUT2D eigenvalue weighted by Crippen LogP contribution is 2.54. The van der Waals surface area contributed by atoms with Crippen molar-refractivity contribution in [3.05, 3.63) is 81.9 Å². The lowest BCUT2D eigenvalue weighted by atomic mass is 9.69. The van der Waals surface area contributed by atoms with Crippen molar-refractivity contribution in [1.29, 1.82) is 0 Å². The molecule has 4 aromatic rings. The van der Waals surface area contributed by atoms with E-state index in [1.54, 1.807) is 53.8 Å². The SMILES string of the molecule is COc1c(O)ccc2c1-c1ccc3ccc(O)cc3c1C1CCC(CC(O)CSS1)C(OC1NC(CCC3(O)CCCCC3)CCC3c4c1cc(CO)c(NCC(C)=O)c4CCC3CO)CC(=O)CC2. The molecule has 5 aliphatic rings. The van der Waals surface area contributed by atoms with Gasteiger partial charge >= 0.3 is 0 Å². The molecule has 8 N–H and O–H groups in total. The van der Waals surface area contributed by atoms with E-state index in [9.17, 15) is 40.2 Å². The van der Waals surface area contributed by atoms with Crippen molar-refractivity contribution in [2.45, 2.75) is 164 Å². The first-order valence-corrected chi connectivity index (χ1v) is 28.1. The fraction of sp³-hybridized carbons (Fsp3) is 0.571. The molecule has 378 valence electrons. The van der Waals surface area contributed by atoms with Gasteiger partial charge in [-0.2, -0.15) is 0 Å². The number of hydrogen-bond acceptors (Lipinski definition) is 14. The minimum Gasteiger partial charge on any atom is -0.508 e. The van der Waals surface area contributed by atoms with Crippen molar-refractivity contribution in [1.82, 2.24) is 5.32 Å². The standard InChI is InChI=1S/C56H72N2O10S2/c1-32(61)28-57-53-37(30-60)25-46-51-42(36(29-59)9-16-44(51)53)17-12-38(20-23-56(66)21-4-3-5-22-56)58-55(46)68-48-27-40(63)14-7-34-10-18-47(65)54(67-2)50(34)43-15-8-33-6-13-39(62)26-45(33)52(43)49-19-11-35(48)24-41(64)31-69-70-49/h6,8,10,13,15,18,25-26,35-36,38,41-42,48-49,55,57-60,62,64-66H,3-5,7,9,11-12,14,16-17,19-24,27-31H2,1-2H3. The summed E-state index contributed by atoms with van der Waals surface area (Å²) in [5, 5.41) is 76.9. The Morgan fingerprint density at radius 3 is 2.53 bits per heavy atom. The molecule has 14 heteroatoms. The molecule has 8 atom stereocenters. The monoisotopic (exact) mass is 996 g/mol. The Bertz CT molecular complexity index is 2530. The minimum absolute atomic E-state index is 0.00236. The highest BCUT2D eigenvalue weighted by Gasteiger charge is 2.41. The number of phenols is 2. The zero-order chi connectivity index (χ0) is 49.1. The van der Waals surface area contributed by atoms with Crippen LogP contribution in [-0.2, 0) is 33.8 Å². The second-order valence-electron chi connectivity index (χ2n) is 20.9. The Morgan fingerprint density at radius 2 is 1.76 bits per heavy atom. The van der Waals surface area contributed by atoms with Crippen LogP contribution in [0.1, 0.15) is 154 Å². The normalized spacial score (nSPS) is 27.1. The van der Waals surface area contributed by atoms with Crippen LogP contribution in [-0.4, -0.2) is 92.1 Å². The largest absolute Gasteiger partial charge is 0.508 e. The van der Waals surface area contributed by atoms with Crippen molar-refractivity contribution >= 4 is 49.6 Å². The number of aliphatic hydroxyl groups is 4. The van der Waals surface area contributed by atoms with E-state index in [2.05, 4.69) is 16.7 Å². The van der Waals surface area contributed by atoms with E-state index in [0.29, 0.717) is 67.6 Å². The van der Waals surface area contributed by atoms with E-state index in [0.717, 1.165) is 101 Å². The van der Waals surface area contributed by atoms with Crippen LogP contribution in [0.3, 0.4) is 0 Å². The number of Topliss-reactive ketones (excluding diaryl/α,β-unsaturated/α-hetero) is 2. The minimum atomic E-state index is -0.745. The summed E-state index contributed by atoms with van der Waals surface area (Å²) in [5.74, 6) is 0.582. The van der Waals surface area contributed by atoms with Crippen LogP contribution < -0.4 is 15.4 Å². The second-order valence-corrected chi connectivity index (χ2v) is 23.6. The molecule has 2 heterocycles. The predicted molar refractivity (Wildman–Crippen MR) is 278 cm³/mol. The number of aryl methyl sites for hydroxylation is 1. The number of anilines is 1. The number of aliphatic hydroxyl groups excluding tert-OH is 3. The molecule has 1 saturated heterocycles. The molecule has 4 aromatic carbocycles. The number of aromatic hydroxyl groups is 2. The molecule has 1 saturated carbocycles. The maximum Gasteiger partial charge on any atom is 0.168 e. The van der Waals surface area contributed by atoms with Crippen molar-refractivity contribution < 1.29 is 49.7 Å². The van der Waals surface area contributed by atoms with Gasteiger partial charge in [0.15, 0.2) is 11.5 Å². The van der Waals surface area contributed by atoms with E-state index in [1.807, 2.05) is 24.3 Å². The summed E-state index contributed by atoms with van der Waals surface area (Å²) in [7, 11) is 4.86. The predicted octanol–water partition coefficient (Wildman–Crippen LogP) is 9.86. The van der Waals surface area contributed by atoms with Gasteiger partial charge in [-0.1, -0.05) is 65.1 Å². The number of phenolic OH excluding ortho intramolecular Hbond substituents is 2. The van der Waals surface area contributed by atoms with Crippen LogP contribution >= 0.6 is 21.6 Å². The molecule has 3 aliphatic carbocycles. The van der Waals surface area contributed by atoms with Gasteiger partial charge in [0.2, 0.25) is 0 Å². The maximum atomic E-state index is 14.8. The first kappa shape index (κ1) is 51.1. The van der Waals surface area contributed by atoms with Gasteiger partial charge in [0.1, 0.15) is 23.5 Å². The van der Waals surface area contributed by atoms with Gasteiger partial charge < -0.3 is 45.4 Å². The summed E-state index contributed by atoms with van der Waals surface area (Å²) in [6.45, 7) is 1.40. The fourth-order valence-corrected chi connectivity index (χ4v) is 15.6. The molecule has 0 spiro atoms. The topological polar surface area (TPSA) is 198 Å². The van der Waals surface area contributed by atoms with Gasteiger partial charge in [0.05, 0.1) is 38.1 Å². The molecule has 70 heavy (non-hydrogen) atoms. The van der Waals surface area contributed by atoms with E-state index in [4.69, 9.17) is 9.47 Å². The van der Waals surface area contributed by atoms with Gasteiger partial charge in [-0.25, -0.2) is 0 Å². The molecule has 12 nitrogen and oxygen atoms in total. The van der Waals surface area contributed by atoms with Crippen molar-refractivity contribution in [3.8, 4) is 28.4 Å². The zero-order valence-electron chi connectivity index (χ0n) is 40.7. The third-order valence-electron chi connectivity index (χ3n) is 16.3. The number of ketones is 2. The van der Waals surface area contributed by atoms with Gasteiger partial charge in [0.25, 0.3) is 0 Å². The molecule has 9 rings (SSSR count). The van der Waals surface area contributed by atoms with Crippen LogP contribution in [0.2, 0.25) is 0 Å². The van der Waals surface area contributed by atoms with Gasteiger partial charge in [0, 0.05) is 53.3 Å². The number of rotatable bonds is 11. The third kappa shape index (κ3) is 11.0. The lowest BCUT2D eigenvalue weighted by Gasteiger charge is -2.43. The Morgan fingerprint density at radius 1 is 0.943 bits per heavy atom. The maximum absolute atomic E-state index is 14.8. The molecule has 2 fully saturated rings. The van der Waals surface area contributed by atoms with Crippen LogP contribution in [0.5, 0.6) is 17.2 Å².